The highest BCUT2D eigenvalue weighted by Crippen LogP contribution is 2.30. The highest BCUT2D eigenvalue weighted by atomic mass is 16.5. The summed E-state index contributed by atoms with van der Waals surface area (Å²) in [5.41, 5.74) is 3.01. The minimum absolute atomic E-state index is 0.0914. The normalized spacial score (nSPS) is 14.0. The average Bonchev–Trinajstić information content (AvgIpc) is 3.57. The second kappa shape index (κ2) is 14.4. The Bertz CT molecular complexity index is 1580. The van der Waals surface area contributed by atoms with E-state index in [1.54, 1.807) is 66.5 Å². The van der Waals surface area contributed by atoms with Crippen LogP contribution in [0, 0.1) is 11.3 Å². The third-order valence-electron chi connectivity index (χ3n) is 7.15. The van der Waals surface area contributed by atoms with Gasteiger partial charge >= 0.3 is 0 Å². The fourth-order valence-electron chi connectivity index (χ4n) is 4.71. The molecule has 1 saturated heterocycles. The first-order chi connectivity index (χ1) is 21.4. The number of tetrazole rings is 1. The minimum atomic E-state index is -0.286. The molecular formula is C30H34N10O4. The summed E-state index contributed by atoms with van der Waals surface area (Å²) in [6.07, 6.45) is 4.56. The van der Waals surface area contributed by atoms with E-state index in [0.29, 0.717) is 47.4 Å². The van der Waals surface area contributed by atoms with Gasteiger partial charge in [-0.1, -0.05) is 6.07 Å². The Morgan fingerprint density at radius 2 is 1.93 bits per heavy atom. The number of ether oxygens (including phenoxy) is 3. The van der Waals surface area contributed by atoms with E-state index in [1.165, 1.54) is 6.33 Å². The van der Waals surface area contributed by atoms with Crippen molar-refractivity contribution in [2.24, 2.45) is 0 Å². The smallest absolute Gasteiger partial charge is 0.253 e. The van der Waals surface area contributed by atoms with Crippen LogP contribution < -0.4 is 14.8 Å². The lowest BCUT2D eigenvalue weighted by Gasteiger charge is -2.28. The summed E-state index contributed by atoms with van der Waals surface area (Å²) in [5, 5.41) is 23.9. The highest BCUT2D eigenvalue weighted by molar-refractivity contribution is 5.95. The van der Waals surface area contributed by atoms with Gasteiger partial charge < -0.3 is 24.4 Å². The zero-order valence-electron chi connectivity index (χ0n) is 24.9. The van der Waals surface area contributed by atoms with Crippen molar-refractivity contribution >= 4 is 17.5 Å². The van der Waals surface area contributed by atoms with Gasteiger partial charge in [0.2, 0.25) is 5.95 Å². The predicted octanol–water partition coefficient (Wildman–Crippen LogP) is 2.63. The molecule has 14 nitrogen and oxygen atoms in total. The first-order valence-electron chi connectivity index (χ1n) is 14.2. The van der Waals surface area contributed by atoms with Gasteiger partial charge in [-0.3, -0.25) is 9.69 Å². The summed E-state index contributed by atoms with van der Waals surface area (Å²) in [6.45, 7) is 6.89. The Labute approximate surface area is 255 Å². The molecule has 0 spiro atoms. The van der Waals surface area contributed by atoms with Crippen molar-refractivity contribution in [2.45, 2.75) is 19.6 Å². The van der Waals surface area contributed by atoms with Crippen molar-refractivity contribution in [1.82, 2.24) is 40.0 Å². The highest BCUT2D eigenvalue weighted by Gasteiger charge is 2.18. The molecule has 44 heavy (non-hydrogen) atoms. The summed E-state index contributed by atoms with van der Waals surface area (Å²) in [5.74, 6) is 1.23. The van der Waals surface area contributed by atoms with Crippen LogP contribution in [0.4, 0.5) is 11.6 Å². The molecule has 14 heteroatoms. The Morgan fingerprint density at radius 1 is 1.14 bits per heavy atom. The van der Waals surface area contributed by atoms with Gasteiger partial charge in [0.05, 0.1) is 38.1 Å². The third-order valence-corrected chi connectivity index (χ3v) is 7.15. The summed E-state index contributed by atoms with van der Waals surface area (Å²) < 4.78 is 18.5. The molecule has 1 atom stereocenters. The molecule has 3 heterocycles. The van der Waals surface area contributed by atoms with Gasteiger partial charge in [0, 0.05) is 56.7 Å². The van der Waals surface area contributed by atoms with Crippen LogP contribution in [0.25, 0.3) is 11.1 Å². The van der Waals surface area contributed by atoms with Crippen LogP contribution in [0.15, 0.2) is 55.1 Å². The van der Waals surface area contributed by atoms with Gasteiger partial charge in [0.25, 0.3) is 5.91 Å². The summed E-state index contributed by atoms with van der Waals surface area (Å²) in [6, 6.07) is 12.7. The van der Waals surface area contributed by atoms with Gasteiger partial charge in [0.15, 0.2) is 0 Å². The van der Waals surface area contributed by atoms with E-state index in [2.05, 4.69) is 41.8 Å². The molecule has 2 aromatic carbocycles. The number of carbonyl (C=O) groups is 1. The quantitative estimate of drug-likeness (QED) is 0.255. The fourth-order valence-corrected chi connectivity index (χ4v) is 4.71. The van der Waals surface area contributed by atoms with Gasteiger partial charge in [-0.25, -0.2) is 14.6 Å². The number of methoxy groups -OCH3 is 1. The van der Waals surface area contributed by atoms with Crippen molar-refractivity contribution in [3.63, 3.8) is 0 Å². The molecule has 4 aromatic rings. The van der Waals surface area contributed by atoms with Crippen molar-refractivity contribution in [1.29, 1.82) is 5.26 Å². The Kier molecular flexibility index (Phi) is 9.90. The zero-order valence-corrected chi connectivity index (χ0v) is 24.9. The number of nitrogens with one attached hydrogen (secondary N) is 1. The second-order valence-electron chi connectivity index (χ2n) is 10.3. The summed E-state index contributed by atoms with van der Waals surface area (Å²) in [4.78, 5) is 26.2. The van der Waals surface area contributed by atoms with Crippen molar-refractivity contribution < 1.29 is 19.0 Å². The number of carbonyl (C=O) groups excluding carboxylic acids is 1. The second-order valence-corrected chi connectivity index (χ2v) is 10.3. The maximum Gasteiger partial charge on any atom is 0.253 e. The number of hydrogen-bond donors (Lipinski definition) is 1. The first kappa shape index (κ1) is 30.3. The molecular weight excluding hydrogens is 564 g/mol. The lowest BCUT2D eigenvalue weighted by atomic mass is 10.1. The molecule has 1 N–H and O–H groups in total. The fraction of sp³-hybridized carbons (Fsp3) is 0.367. The molecule has 5 rings (SSSR count). The van der Waals surface area contributed by atoms with E-state index in [0.717, 1.165) is 44.0 Å². The molecule has 1 aliphatic rings. The van der Waals surface area contributed by atoms with Crippen LogP contribution in [0.2, 0.25) is 0 Å². The van der Waals surface area contributed by atoms with E-state index >= 15 is 0 Å². The topological polar surface area (TPSA) is 156 Å². The zero-order chi connectivity index (χ0) is 30.9. The number of likely N-dealkylation sites (N-methyl/N-ethyl adjacent to an activating group) is 1. The molecule has 1 amide bonds. The monoisotopic (exact) mass is 598 g/mol. The Balaban J connectivity index is 1.26. The van der Waals surface area contributed by atoms with E-state index in [1.807, 2.05) is 13.0 Å². The predicted molar refractivity (Wildman–Crippen MR) is 161 cm³/mol. The van der Waals surface area contributed by atoms with Crippen LogP contribution in [-0.2, 0) is 11.3 Å². The van der Waals surface area contributed by atoms with Crippen molar-refractivity contribution in [3.05, 3.63) is 66.2 Å². The first-order valence-corrected chi connectivity index (χ1v) is 14.2. The number of nitriles is 1. The minimum Gasteiger partial charge on any atom is -0.495 e. The molecule has 0 radical (unpaired) electrons. The van der Waals surface area contributed by atoms with Crippen LogP contribution in [-0.4, -0.2) is 106 Å². The maximum atomic E-state index is 13.2. The molecule has 2 aromatic heterocycles. The number of aromatic nitrogens is 6. The number of morpholine rings is 1. The number of amides is 1. The van der Waals surface area contributed by atoms with Crippen molar-refractivity contribution in [2.75, 3.05) is 58.9 Å². The van der Waals surface area contributed by atoms with Gasteiger partial charge in [-0.05, 0) is 53.2 Å². The molecule has 1 aliphatic heterocycles. The standard InChI is InChI=1S/C30H34N10O4/c1-21(19-40-20-34-36-37-40)44-28-15-22(4-5-24(28)16-31)25-17-32-30(33-18-25)35-26-14-23(6-7-27(26)42-3)29(41)38(2)8-9-39-10-12-43-13-11-39/h4-7,14-15,17-18,20-21H,8-13,19H2,1-3H3,(H,32,33,35). The third kappa shape index (κ3) is 7.63. The molecule has 0 saturated carbocycles. The van der Waals surface area contributed by atoms with Gasteiger partial charge in [-0.2, -0.15) is 5.26 Å². The van der Waals surface area contributed by atoms with E-state index in [4.69, 9.17) is 14.2 Å². The molecule has 0 aliphatic carbocycles. The number of anilines is 2. The lowest BCUT2D eigenvalue weighted by Crippen LogP contribution is -2.41. The molecule has 1 unspecified atom stereocenters. The van der Waals surface area contributed by atoms with E-state index < -0.39 is 0 Å². The molecule has 1 fully saturated rings. The largest absolute Gasteiger partial charge is 0.495 e. The summed E-state index contributed by atoms with van der Waals surface area (Å²) >= 11 is 0. The van der Waals surface area contributed by atoms with Gasteiger partial charge in [-0.15, -0.1) is 5.10 Å². The van der Waals surface area contributed by atoms with Crippen LogP contribution in [0.5, 0.6) is 11.5 Å². The van der Waals surface area contributed by atoms with Gasteiger partial charge in [0.1, 0.15) is 30.0 Å². The molecule has 228 valence electrons. The SMILES string of the molecule is COc1ccc(C(=O)N(C)CCN2CCOCC2)cc1Nc1ncc(-c2ccc(C#N)c(OC(C)Cn3cnnn3)c2)cn1. The van der Waals surface area contributed by atoms with E-state index in [9.17, 15) is 10.1 Å². The Morgan fingerprint density at radius 3 is 2.64 bits per heavy atom. The number of hydrogen-bond acceptors (Lipinski definition) is 12. The number of benzene rings is 2. The Hall–Kier alpha value is -5.13. The summed E-state index contributed by atoms with van der Waals surface area (Å²) in [7, 11) is 3.37. The number of rotatable bonds is 12. The average molecular weight is 599 g/mol. The van der Waals surface area contributed by atoms with Crippen molar-refractivity contribution in [3.8, 4) is 28.7 Å². The molecule has 0 bridgehead atoms. The maximum absolute atomic E-state index is 13.2. The number of nitrogens with zero attached hydrogens (tertiary/aromatic N) is 9. The van der Waals surface area contributed by atoms with E-state index in [-0.39, 0.29) is 12.0 Å². The van der Waals surface area contributed by atoms with Crippen LogP contribution in [0.1, 0.15) is 22.8 Å². The lowest BCUT2D eigenvalue weighted by molar-refractivity contribution is 0.0338. The van der Waals surface area contributed by atoms with Crippen LogP contribution >= 0.6 is 0 Å². The van der Waals surface area contributed by atoms with Crippen LogP contribution in [0.3, 0.4) is 0 Å².